The van der Waals surface area contributed by atoms with Gasteiger partial charge >= 0.3 is 5.97 Å². The first kappa shape index (κ1) is 24.5. The minimum atomic E-state index is -1.63. The lowest BCUT2D eigenvalue weighted by molar-refractivity contribution is -0.147. The van der Waals surface area contributed by atoms with Crippen molar-refractivity contribution < 1.29 is 25.0 Å². The van der Waals surface area contributed by atoms with Gasteiger partial charge in [-0.15, -0.1) is 5.53 Å². The monoisotopic (exact) mass is 496 g/mol. The molecule has 35 heavy (non-hydrogen) atoms. The van der Waals surface area contributed by atoms with Crippen LogP contribution < -0.4 is 21.4 Å². The Morgan fingerprint density at radius 3 is 2.54 bits per heavy atom. The Balaban J connectivity index is 1.52. The number of aliphatic carboxylic acids is 1. The second-order valence-corrected chi connectivity index (χ2v) is 8.84. The van der Waals surface area contributed by atoms with Crippen molar-refractivity contribution in [3.05, 3.63) is 82.4 Å². The van der Waals surface area contributed by atoms with Gasteiger partial charge in [-0.2, -0.15) is 5.17 Å². The van der Waals surface area contributed by atoms with Crippen molar-refractivity contribution in [3.63, 3.8) is 0 Å². The number of hydrazine groups is 2. The predicted octanol–water partition coefficient (Wildman–Crippen LogP) is 3.53. The van der Waals surface area contributed by atoms with Crippen LogP contribution in [0.15, 0.2) is 60.7 Å². The van der Waals surface area contributed by atoms with E-state index in [0.717, 1.165) is 27.4 Å². The number of aryl methyl sites for hydroxylation is 1. The number of carbonyl (C=O) groups excluding carboxylic acids is 1. The number of hydrogen-bond donors (Lipinski definition) is 6. The van der Waals surface area contributed by atoms with Crippen LogP contribution in [0.5, 0.6) is 0 Å². The molecule has 4 rings (SSSR count). The minimum Gasteiger partial charge on any atom is -0.479 e. The molecule has 1 aliphatic rings. The molecule has 1 amide bonds. The van der Waals surface area contributed by atoms with E-state index in [1.54, 1.807) is 12.1 Å². The highest BCUT2D eigenvalue weighted by molar-refractivity contribution is 6.30. The fourth-order valence-electron chi connectivity index (χ4n) is 3.97. The number of hydrogen-bond acceptors (Lipinski definition) is 7. The number of aliphatic hydroxyl groups is 1. The Bertz CT molecular complexity index is 1250. The predicted molar refractivity (Wildman–Crippen MR) is 132 cm³/mol. The van der Waals surface area contributed by atoms with E-state index in [2.05, 4.69) is 16.3 Å². The number of anilines is 2. The Kier molecular flexibility index (Phi) is 7.23. The van der Waals surface area contributed by atoms with Gasteiger partial charge in [0.25, 0.3) is 5.91 Å². The van der Waals surface area contributed by atoms with Crippen LogP contribution in [0.25, 0.3) is 11.1 Å². The normalized spacial score (nSPS) is 14.1. The maximum Gasteiger partial charge on any atom is 0.332 e. The lowest BCUT2D eigenvalue weighted by Gasteiger charge is -2.21. The second kappa shape index (κ2) is 10.3. The summed E-state index contributed by atoms with van der Waals surface area (Å²) >= 11 is 6.14. The van der Waals surface area contributed by atoms with Crippen molar-refractivity contribution in [1.29, 1.82) is 0 Å². The van der Waals surface area contributed by atoms with E-state index in [0.29, 0.717) is 22.8 Å². The van der Waals surface area contributed by atoms with E-state index >= 15 is 0 Å². The molecule has 0 radical (unpaired) electrons. The molecule has 1 heterocycles. The maximum atomic E-state index is 12.9. The van der Waals surface area contributed by atoms with Gasteiger partial charge in [0.15, 0.2) is 6.10 Å². The number of carboxylic acid groups (broad SMARTS) is 1. The fraction of sp³-hybridized carbons (Fsp3) is 0.200. The molecule has 3 aromatic carbocycles. The number of benzene rings is 3. The number of nitrogens with one attached hydrogen (secondary N) is 3. The molecule has 0 unspecified atom stereocenters. The molecule has 0 fully saturated rings. The summed E-state index contributed by atoms with van der Waals surface area (Å²) in [6, 6.07) is 17.4. The third kappa shape index (κ3) is 5.72. The van der Waals surface area contributed by atoms with Gasteiger partial charge in [-0.05, 0) is 65.9 Å². The highest BCUT2D eigenvalue weighted by Gasteiger charge is 2.24. The molecule has 2 atom stereocenters. The van der Waals surface area contributed by atoms with Crippen LogP contribution in [0.1, 0.15) is 27.9 Å². The summed E-state index contributed by atoms with van der Waals surface area (Å²) in [7, 11) is 0. The zero-order valence-electron chi connectivity index (χ0n) is 18.8. The number of carbonyl (C=O) groups is 2. The minimum absolute atomic E-state index is 0.170. The molecule has 182 valence electrons. The molecular formula is C25H25ClN4O5. The van der Waals surface area contributed by atoms with Crippen molar-refractivity contribution in [2.24, 2.45) is 0 Å². The van der Waals surface area contributed by atoms with Crippen LogP contribution >= 0.6 is 11.6 Å². The summed E-state index contributed by atoms with van der Waals surface area (Å²) in [5.74, 6) is -1.82. The van der Waals surface area contributed by atoms with Crippen LogP contribution in [-0.4, -0.2) is 39.4 Å². The molecule has 0 saturated carbocycles. The van der Waals surface area contributed by atoms with Crippen molar-refractivity contribution in [2.75, 3.05) is 10.6 Å². The van der Waals surface area contributed by atoms with Gasteiger partial charge in [0.1, 0.15) is 5.69 Å². The molecule has 10 heteroatoms. The van der Waals surface area contributed by atoms with Gasteiger partial charge in [0.05, 0.1) is 5.69 Å². The van der Waals surface area contributed by atoms with Crippen molar-refractivity contribution >= 4 is 34.9 Å². The second-order valence-electron chi connectivity index (χ2n) is 8.40. The first-order valence-electron chi connectivity index (χ1n) is 10.9. The first-order chi connectivity index (χ1) is 16.7. The van der Waals surface area contributed by atoms with Crippen LogP contribution in [0.3, 0.4) is 0 Å². The highest BCUT2D eigenvalue weighted by atomic mass is 35.5. The zero-order valence-corrected chi connectivity index (χ0v) is 19.6. The van der Waals surface area contributed by atoms with E-state index < -0.39 is 24.0 Å². The molecule has 0 spiro atoms. The number of carboxylic acids is 1. The molecule has 6 N–H and O–H groups in total. The first-order valence-corrected chi connectivity index (χ1v) is 11.3. The summed E-state index contributed by atoms with van der Waals surface area (Å²) in [5.41, 5.74) is 10.4. The van der Waals surface area contributed by atoms with E-state index in [4.69, 9.17) is 11.6 Å². The molecule has 0 bridgehead atoms. The largest absolute Gasteiger partial charge is 0.479 e. The van der Waals surface area contributed by atoms with Gasteiger partial charge in [-0.1, -0.05) is 41.9 Å². The summed E-state index contributed by atoms with van der Waals surface area (Å²) in [5, 5.41) is 33.1. The lowest BCUT2D eigenvalue weighted by atomic mass is 9.96. The van der Waals surface area contributed by atoms with Crippen LogP contribution in [0, 0.1) is 6.92 Å². The Morgan fingerprint density at radius 2 is 1.83 bits per heavy atom. The summed E-state index contributed by atoms with van der Waals surface area (Å²) < 4.78 is 0. The SMILES string of the molecule is Cc1ccc(Cl)cc1-c1ccc(C[C@@H](C[C@H](O)C(=O)O)NC(=O)c2ccc3c(c2)N(O)NN3)cc1. The number of fused-ring (bicyclic) bond motifs is 1. The van der Waals surface area contributed by atoms with Gasteiger partial charge < -0.3 is 15.5 Å². The Morgan fingerprint density at radius 1 is 1.09 bits per heavy atom. The molecule has 3 aromatic rings. The summed E-state index contributed by atoms with van der Waals surface area (Å²) in [6.45, 7) is 2.00. The van der Waals surface area contributed by atoms with Crippen molar-refractivity contribution in [2.45, 2.75) is 31.9 Å². The Labute approximate surface area is 206 Å². The number of rotatable bonds is 8. The topological polar surface area (TPSA) is 134 Å². The Hall–Kier alpha value is -3.63. The highest BCUT2D eigenvalue weighted by Crippen LogP contribution is 2.29. The van der Waals surface area contributed by atoms with Gasteiger partial charge in [-0.25, -0.2) is 4.79 Å². The number of aliphatic hydroxyl groups excluding tert-OH is 1. The summed E-state index contributed by atoms with van der Waals surface area (Å²) in [6.07, 6.45) is -1.49. The quantitative estimate of drug-likeness (QED) is 0.279. The number of halogens is 1. The molecule has 1 aliphatic heterocycles. The van der Waals surface area contributed by atoms with E-state index in [1.165, 1.54) is 6.07 Å². The van der Waals surface area contributed by atoms with Crippen molar-refractivity contribution in [1.82, 2.24) is 10.9 Å². The molecule has 0 saturated heterocycles. The molecular weight excluding hydrogens is 472 g/mol. The van der Waals surface area contributed by atoms with E-state index in [9.17, 15) is 25.0 Å². The number of amides is 1. The van der Waals surface area contributed by atoms with Gasteiger partial charge in [0.2, 0.25) is 0 Å². The summed E-state index contributed by atoms with van der Waals surface area (Å²) in [4.78, 5) is 24.2. The lowest BCUT2D eigenvalue weighted by Crippen LogP contribution is -2.40. The smallest absolute Gasteiger partial charge is 0.332 e. The molecule has 0 aromatic heterocycles. The van der Waals surface area contributed by atoms with Crippen LogP contribution in [0.4, 0.5) is 11.4 Å². The van der Waals surface area contributed by atoms with Crippen LogP contribution in [-0.2, 0) is 11.2 Å². The van der Waals surface area contributed by atoms with Gasteiger partial charge in [0, 0.05) is 23.0 Å². The third-order valence-electron chi connectivity index (χ3n) is 5.86. The fourth-order valence-corrected chi connectivity index (χ4v) is 4.14. The number of nitrogens with zero attached hydrogens (tertiary/aromatic N) is 1. The average Bonchev–Trinajstić information content (AvgIpc) is 3.21. The van der Waals surface area contributed by atoms with Crippen LogP contribution in [0.2, 0.25) is 5.02 Å². The van der Waals surface area contributed by atoms with Gasteiger partial charge in [-0.3, -0.25) is 15.4 Å². The maximum absolute atomic E-state index is 12.9. The molecule has 0 aliphatic carbocycles. The van der Waals surface area contributed by atoms with E-state index in [1.807, 2.05) is 49.4 Å². The zero-order chi connectivity index (χ0) is 25.1. The van der Waals surface area contributed by atoms with Crippen molar-refractivity contribution in [3.8, 4) is 11.1 Å². The third-order valence-corrected chi connectivity index (χ3v) is 6.09. The average molecular weight is 497 g/mol. The standard InChI is InChI=1S/C25H25ClN4O5/c1-14-2-8-18(26)12-20(14)16-5-3-15(4-6-16)10-19(13-23(31)25(33)34)27-24(32)17-7-9-21-22(11-17)30(35)29-28-21/h2-9,11-12,19,23,28-29,31,35H,10,13H2,1H3,(H,27,32)(H,33,34)/t19-,23-/m0/s1. The van der Waals surface area contributed by atoms with E-state index in [-0.39, 0.29) is 12.0 Å². The molecule has 9 nitrogen and oxygen atoms in total.